The van der Waals surface area contributed by atoms with Crippen LogP contribution in [-0.2, 0) is 4.79 Å². The van der Waals surface area contributed by atoms with E-state index in [0.29, 0.717) is 19.1 Å². The van der Waals surface area contributed by atoms with Gasteiger partial charge < -0.3 is 15.4 Å². The van der Waals surface area contributed by atoms with Crippen molar-refractivity contribution in [2.75, 3.05) is 20.2 Å². The molecule has 1 atom stereocenters. The summed E-state index contributed by atoms with van der Waals surface area (Å²) < 4.78 is 5.74. The van der Waals surface area contributed by atoms with Crippen LogP contribution in [0.15, 0.2) is 24.3 Å². The minimum absolute atomic E-state index is 0.00351. The fourth-order valence-corrected chi connectivity index (χ4v) is 2.00. The lowest BCUT2D eigenvalue weighted by molar-refractivity contribution is -0.121. The molecular formula is C15H24N2O2. The van der Waals surface area contributed by atoms with Crippen molar-refractivity contribution in [1.29, 1.82) is 0 Å². The predicted octanol–water partition coefficient (Wildman–Crippen LogP) is 2.26. The minimum Gasteiger partial charge on any atom is -0.493 e. The number of hydrogen-bond acceptors (Lipinski definition) is 3. The number of carbonyl (C=O) groups is 1. The van der Waals surface area contributed by atoms with Gasteiger partial charge in [0, 0.05) is 18.7 Å². The Morgan fingerprint density at radius 2 is 2.05 bits per heavy atom. The topological polar surface area (TPSA) is 50.4 Å². The first kappa shape index (κ1) is 15.5. The Balaban J connectivity index is 2.69. The summed E-state index contributed by atoms with van der Waals surface area (Å²) in [4.78, 5) is 11.2. The standard InChI is InChI=1S/C15H24N2O2/c1-4-13(17-5-2)12-8-6-7-9-14(12)19-11-10-15(18)16-3/h6-9,13,17H,4-5,10-11H2,1-3H3,(H,16,18). The molecule has 1 aromatic carbocycles. The van der Waals surface area contributed by atoms with Crippen molar-refractivity contribution >= 4 is 5.91 Å². The van der Waals surface area contributed by atoms with E-state index in [4.69, 9.17) is 4.74 Å². The Hall–Kier alpha value is -1.55. The number of hydrogen-bond donors (Lipinski definition) is 2. The van der Waals surface area contributed by atoms with Gasteiger partial charge in [-0.25, -0.2) is 0 Å². The summed E-state index contributed by atoms with van der Waals surface area (Å²) in [6.45, 7) is 5.57. The van der Waals surface area contributed by atoms with Gasteiger partial charge in [0.2, 0.25) is 5.91 Å². The van der Waals surface area contributed by atoms with E-state index >= 15 is 0 Å². The van der Waals surface area contributed by atoms with Gasteiger partial charge in [0.05, 0.1) is 13.0 Å². The van der Waals surface area contributed by atoms with E-state index in [1.165, 1.54) is 0 Å². The molecule has 2 N–H and O–H groups in total. The average Bonchev–Trinajstić information content (AvgIpc) is 2.45. The third-order valence-corrected chi connectivity index (χ3v) is 3.02. The van der Waals surface area contributed by atoms with Crippen molar-refractivity contribution in [3.63, 3.8) is 0 Å². The number of ether oxygens (including phenoxy) is 1. The van der Waals surface area contributed by atoms with Gasteiger partial charge in [-0.3, -0.25) is 4.79 Å². The van der Waals surface area contributed by atoms with E-state index < -0.39 is 0 Å². The molecule has 1 rings (SSSR count). The Kier molecular flexibility index (Phi) is 6.97. The van der Waals surface area contributed by atoms with Crippen LogP contribution in [0.1, 0.15) is 38.3 Å². The number of nitrogens with one attached hydrogen (secondary N) is 2. The summed E-state index contributed by atoms with van der Waals surface area (Å²) in [6, 6.07) is 8.30. The quantitative estimate of drug-likeness (QED) is 0.757. The highest BCUT2D eigenvalue weighted by Crippen LogP contribution is 2.27. The molecule has 0 spiro atoms. The van der Waals surface area contributed by atoms with Gasteiger partial charge in [-0.1, -0.05) is 32.0 Å². The molecule has 0 saturated heterocycles. The normalized spacial score (nSPS) is 11.9. The molecule has 0 saturated carbocycles. The fraction of sp³-hybridized carbons (Fsp3) is 0.533. The lowest BCUT2D eigenvalue weighted by Crippen LogP contribution is -2.22. The van der Waals surface area contributed by atoms with Gasteiger partial charge in [-0.05, 0) is 19.0 Å². The third-order valence-electron chi connectivity index (χ3n) is 3.02. The molecular weight excluding hydrogens is 240 g/mol. The van der Waals surface area contributed by atoms with Crippen molar-refractivity contribution in [2.24, 2.45) is 0 Å². The van der Waals surface area contributed by atoms with Crippen LogP contribution in [-0.4, -0.2) is 26.1 Å². The third kappa shape index (κ3) is 4.91. The molecule has 4 nitrogen and oxygen atoms in total. The Labute approximate surface area is 115 Å². The van der Waals surface area contributed by atoms with Crippen LogP contribution in [0.4, 0.5) is 0 Å². The Bertz CT molecular complexity index is 393. The molecule has 0 bridgehead atoms. The van der Waals surface area contributed by atoms with Gasteiger partial charge in [0.15, 0.2) is 0 Å². The zero-order valence-electron chi connectivity index (χ0n) is 12.0. The van der Waals surface area contributed by atoms with E-state index in [1.54, 1.807) is 7.05 Å². The largest absolute Gasteiger partial charge is 0.493 e. The first-order chi connectivity index (χ1) is 9.22. The summed E-state index contributed by atoms with van der Waals surface area (Å²) in [5.41, 5.74) is 1.16. The maximum Gasteiger partial charge on any atom is 0.223 e. The van der Waals surface area contributed by atoms with Crippen LogP contribution < -0.4 is 15.4 Å². The minimum atomic E-state index is -0.00351. The predicted molar refractivity (Wildman–Crippen MR) is 77.3 cm³/mol. The van der Waals surface area contributed by atoms with Crippen molar-refractivity contribution in [3.8, 4) is 5.75 Å². The van der Waals surface area contributed by atoms with E-state index in [2.05, 4.69) is 30.5 Å². The lowest BCUT2D eigenvalue weighted by Gasteiger charge is -2.20. The molecule has 106 valence electrons. The molecule has 0 aliphatic heterocycles. The highest BCUT2D eigenvalue weighted by atomic mass is 16.5. The molecule has 1 unspecified atom stereocenters. The molecule has 4 heteroatoms. The van der Waals surface area contributed by atoms with Crippen LogP contribution in [0.3, 0.4) is 0 Å². The van der Waals surface area contributed by atoms with Gasteiger partial charge in [0.25, 0.3) is 0 Å². The molecule has 0 aliphatic rings. The molecule has 19 heavy (non-hydrogen) atoms. The maximum absolute atomic E-state index is 11.2. The van der Waals surface area contributed by atoms with Gasteiger partial charge in [-0.2, -0.15) is 0 Å². The second-order valence-electron chi connectivity index (χ2n) is 4.33. The average molecular weight is 264 g/mol. The SMILES string of the molecule is CCNC(CC)c1ccccc1OCCC(=O)NC. The molecule has 0 fully saturated rings. The zero-order chi connectivity index (χ0) is 14.1. The molecule has 0 aromatic heterocycles. The lowest BCUT2D eigenvalue weighted by atomic mass is 10.0. The highest BCUT2D eigenvalue weighted by Gasteiger charge is 2.13. The van der Waals surface area contributed by atoms with Gasteiger partial charge in [0.1, 0.15) is 5.75 Å². The number of amides is 1. The fourth-order valence-electron chi connectivity index (χ4n) is 2.00. The zero-order valence-corrected chi connectivity index (χ0v) is 12.0. The second-order valence-corrected chi connectivity index (χ2v) is 4.33. The van der Waals surface area contributed by atoms with E-state index in [-0.39, 0.29) is 5.91 Å². The van der Waals surface area contributed by atoms with Crippen molar-refractivity contribution in [1.82, 2.24) is 10.6 Å². The summed E-state index contributed by atoms with van der Waals surface area (Å²) in [5, 5.41) is 6.03. The molecule has 1 amide bonds. The highest BCUT2D eigenvalue weighted by molar-refractivity contribution is 5.75. The number of benzene rings is 1. The van der Waals surface area contributed by atoms with E-state index in [0.717, 1.165) is 24.3 Å². The van der Waals surface area contributed by atoms with Crippen LogP contribution in [0.25, 0.3) is 0 Å². The first-order valence-corrected chi connectivity index (χ1v) is 6.88. The van der Waals surface area contributed by atoms with E-state index in [9.17, 15) is 4.79 Å². The summed E-state index contributed by atoms with van der Waals surface area (Å²) >= 11 is 0. The number of rotatable bonds is 8. The second kappa shape index (κ2) is 8.53. The molecule has 0 aliphatic carbocycles. The maximum atomic E-state index is 11.2. The van der Waals surface area contributed by atoms with Crippen molar-refractivity contribution in [3.05, 3.63) is 29.8 Å². The monoisotopic (exact) mass is 264 g/mol. The summed E-state index contributed by atoms with van der Waals surface area (Å²) in [6.07, 6.45) is 1.38. The Morgan fingerprint density at radius 1 is 1.32 bits per heavy atom. The Morgan fingerprint density at radius 3 is 2.68 bits per heavy atom. The molecule has 1 aromatic rings. The van der Waals surface area contributed by atoms with Crippen molar-refractivity contribution in [2.45, 2.75) is 32.7 Å². The van der Waals surface area contributed by atoms with Crippen molar-refractivity contribution < 1.29 is 9.53 Å². The van der Waals surface area contributed by atoms with Gasteiger partial charge in [-0.15, -0.1) is 0 Å². The molecule has 0 radical (unpaired) electrons. The first-order valence-electron chi connectivity index (χ1n) is 6.88. The van der Waals surface area contributed by atoms with Gasteiger partial charge >= 0.3 is 0 Å². The molecule has 0 heterocycles. The van der Waals surface area contributed by atoms with Crippen LogP contribution >= 0.6 is 0 Å². The van der Waals surface area contributed by atoms with Crippen LogP contribution in [0.2, 0.25) is 0 Å². The van der Waals surface area contributed by atoms with Crippen LogP contribution in [0.5, 0.6) is 5.75 Å². The number of para-hydroxylation sites is 1. The summed E-state index contributed by atoms with van der Waals surface area (Å²) in [5.74, 6) is 0.857. The summed E-state index contributed by atoms with van der Waals surface area (Å²) in [7, 11) is 1.63. The number of carbonyl (C=O) groups excluding carboxylic acids is 1. The smallest absolute Gasteiger partial charge is 0.223 e. The van der Waals surface area contributed by atoms with Crippen LogP contribution in [0, 0.1) is 0 Å². The van der Waals surface area contributed by atoms with E-state index in [1.807, 2.05) is 18.2 Å².